The van der Waals surface area contributed by atoms with Crippen molar-refractivity contribution in [3.8, 4) is 5.75 Å². The Labute approximate surface area is 171 Å². The Hall–Kier alpha value is -1.92. The maximum Gasteiger partial charge on any atom is 0.226 e. The molecule has 0 spiro atoms. The number of amides is 1. The molecular formula is C22H30N2O3S. The monoisotopic (exact) mass is 402 g/mol. The fourth-order valence-corrected chi connectivity index (χ4v) is 4.30. The number of nitrogens with zero attached hydrogens (tertiary/aromatic N) is 2. The van der Waals surface area contributed by atoms with Gasteiger partial charge >= 0.3 is 0 Å². The zero-order chi connectivity index (χ0) is 19.9. The first kappa shape index (κ1) is 20.8. The van der Waals surface area contributed by atoms with Gasteiger partial charge in [-0.15, -0.1) is 11.3 Å². The summed E-state index contributed by atoms with van der Waals surface area (Å²) in [6.07, 6.45) is 5.38. The van der Waals surface area contributed by atoms with E-state index in [0.29, 0.717) is 24.8 Å². The van der Waals surface area contributed by atoms with Gasteiger partial charge in [0.25, 0.3) is 0 Å². The van der Waals surface area contributed by atoms with Crippen LogP contribution in [0.1, 0.15) is 62.2 Å². The van der Waals surface area contributed by atoms with Crippen molar-refractivity contribution >= 4 is 17.2 Å². The molecule has 5 nitrogen and oxygen atoms in total. The Morgan fingerprint density at radius 2 is 2.04 bits per heavy atom. The second-order valence-electron chi connectivity index (χ2n) is 7.53. The second-order valence-corrected chi connectivity index (χ2v) is 8.47. The maximum atomic E-state index is 13.0. The number of rotatable bonds is 9. The molecule has 0 radical (unpaired) electrons. The number of aromatic nitrogens is 1. The van der Waals surface area contributed by atoms with Crippen molar-refractivity contribution in [3.63, 3.8) is 0 Å². The Morgan fingerprint density at radius 3 is 2.64 bits per heavy atom. The Kier molecular flexibility index (Phi) is 7.45. The molecule has 0 saturated heterocycles. The lowest BCUT2D eigenvalue weighted by Crippen LogP contribution is -2.40. The van der Waals surface area contributed by atoms with Crippen LogP contribution in [0.2, 0.25) is 0 Å². The number of carbonyl (C=O) groups excluding carboxylic acids is 1. The summed E-state index contributed by atoms with van der Waals surface area (Å²) in [5.41, 5.74) is 1.80. The molecule has 1 N–H and O–H groups in total. The second kappa shape index (κ2) is 10.0. The Bertz CT molecular complexity index is 753. The van der Waals surface area contributed by atoms with E-state index in [1.54, 1.807) is 0 Å². The lowest BCUT2D eigenvalue weighted by Gasteiger charge is -2.31. The minimum Gasteiger partial charge on any atom is -0.486 e. The summed E-state index contributed by atoms with van der Waals surface area (Å²) in [5.74, 6) is 1.30. The van der Waals surface area contributed by atoms with E-state index in [1.165, 1.54) is 24.2 Å². The smallest absolute Gasteiger partial charge is 0.226 e. The minimum absolute atomic E-state index is 0.0442. The van der Waals surface area contributed by atoms with Gasteiger partial charge in [0.05, 0.1) is 12.3 Å². The number of benzene rings is 1. The summed E-state index contributed by atoms with van der Waals surface area (Å²) in [4.78, 5) is 19.3. The number of aliphatic hydroxyl groups is 1. The Morgan fingerprint density at radius 1 is 1.32 bits per heavy atom. The van der Waals surface area contributed by atoms with Crippen LogP contribution < -0.4 is 4.74 Å². The number of thiazole rings is 1. The first-order valence-corrected chi connectivity index (χ1v) is 11.0. The van der Waals surface area contributed by atoms with Crippen molar-refractivity contribution in [1.29, 1.82) is 0 Å². The molecule has 1 aromatic heterocycles. The number of hydrogen-bond acceptors (Lipinski definition) is 5. The highest BCUT2D eigenvalue weighted by Gasteiger charge is 2.29. The third-order valence-corrected chi connectivity index (χ3v) is 6.38. The molecule has 2 aromatic rings. The van der Waals surface area contributed by atoms with E-state index < -0.39 is 0 Å². The van der Waals surface area contributed by atoms with Crippen molar-refractivity contribution in [2.45, 2.75) is 71.8 Å². The fraction of sp³-hybridized carbons (Fsp3) is 0.545. The van der Waals surface area contributed by atoms with Crippen LogP contribution in [0, 0.1) is 5.92 Å². The molecule has 0 aliphatic heterocycles. The first-order chi connectivity index (χ1) is 13.6. The molecule has 1 aliphatic rings. The predicted octanol–water partition coefficient (Wildman–Crippen LogP) is 4.53. The lowest BCUT2D eigenvalue weighted by molar-refractivity contribution is -0.138. The number of carbonyl (C=O) groups is 1. The number of ether oxygens (including phenoxy) is 1. The van der Waals surface area contributed by atoms with Crippen molar-refractivity contribution in [2.24, 2.45) is 5.92 Å². The molecule has 1 aromatic carbocycles. The van der Waals surface area contributed by atoms with E-state index in [0.717, 1.165) is 35.6 Å². The quantitative estimate of drug-likeness (QED) is 0.669. The van der Waals surface area contributed by atoms with Gasteiger partial charge in [-0.25, -0.2) is 4.98 Å². The molecular weight excluding hydrogens is 372 g/mol. The first-order valence-electron chi connectivity index (χ1n) is 10.2. The summed E-state index contributed by atoms with van der Waals surface area (Å²) >= 11 is 1.49. The van der Waals surface area contributed by atoms with E-state index in [9.17, 15) is 4.79 Å². The molecule has 0 bridgehead atoms. The van der Waals surface area contributed by atoms with Gasteiger partial charge in [0.1, 0.15) is 17.4 Å². The molecule has 3 rings (SSSR count). The van der Waals surface area contributed by atoms with Gasteiger partial charge in [0.2, 0.25) is 5.91 Å². The highest BCUT2D eigenvalue weighted by atomic mass is 32.1. The molecule has 1 atom stereocenters. The zero-order valence-corrected chi connectivity index (χ0v) is 17.6. The molecule has 1 aliphatic carbocycles. The lowest BCUT2D eigenvalue weighted by atomic mass is 10.0. The molecule has 28 heavy (non-hydrogen) atoms. The maximum absolute atomic E-state index is 13.0. The van der Waals surface area contributed by atoms with Crippen LogP contribution in [0.25, 0.3) is 0 Å². The average Bonchev–Trinajstić information content (AvgIpc) is 3.42. The van der Waals surface area contributed by atoms with Crippen LogP contribution in [0.15, 0.2) is 29.6 Å². The van der Waals surface area contributed by atoms with Gasteiger partial charge in [-0.05, 0) is 43.9 Å². The van der Waals surface area contributed by atoms with Gasteiger partial charge < -0.3 is 14.7 Å². The van der Waals surface area contributed by atoms with Crippen molar-refractivity contribution in [1.82, 2.24) is 9.88 Å². The minimum atomic E-state index is -0.0442. The van der Waals surface area contributed by atoms with Gasteiger partial charge in [0.15, 0.2) is 0 Å². The third-order valence-electron chi connectivity index (χ3n) is 5.51. The summed E-state index contributed by atoms with van der Waals surface area (Å²) in [6.45, 7) is 5.27. The highest BCUT2D eigenvalue weighted by Crippen LogP contribution is 2.28. The van der Waals surface area contributed by atoms with Crippen molar-refractivity contribution in [3.05, 3.63) is 45.9 Å². The third kappa shape index (κ3) is 5.32. The fourth-order valence-electron chi connectivity index (χ4n) is 3.60. The molecule has 1 unspecified atom stereocenters. The van der Waals surface area contributed by atoms with Crippen LogP contribution in [-0.4, -0.2) is 26.9 Å². The van der Waals surface area contributed by atoms with E-state index in [1.807, 2.05) is 29.6 Å². The van der Waals surface area contributed by atoms with E-state index >= 15 is 0 Å². The molecule has 1 heterocycles. The molecule has 6 heteroatoms. The summed E-state index contributed by atoms with van der Waals surface area (Å²) in [6, 6.07) is 8.21. The normalized spacial score (nSPS) is 15.5. The molecule has 1 saturated carbocycles. The van der Waals surface area contributed by atoms with Crippen LogP contribution in [0.4, 0.5) is 0 Å². The zero-order valence-electron chi connectivity index (χ0n) is 16.8. The molecule has 1 amide bonds. The highest BCUT2D eigenvalue weighted by molar-refractivity contribution is 7.09. The van der Waals surface area contributed by atoms with Gasteiger partial charge in [-0.3, -0.25) is 4.79 Å². The molecule has 1 fully saturated rings. The predicted molar refractivity (Wildman–Crippen MR) is 111 cm³/mol. The average molecular weight is 403 g/mol. The van der Waals surface area contributed by atoms with Crippen LogP contribution in [-0.2, 0) is 24.6 Å². The summed E-state index contributed by atoms with van der Waals surface area (Å²) in [7, 11) is 0. The standard InChI is InChI=1S/C22H30N2O3S/c1-3-16(2)24(22(26)18-6-4-5-7-18)12-17-8-10-20(11-9-17)27-14-21-23-19(13-25)15-28-21/h8-11,15-16,18,25H,3-7,12-14H2,1-2H3. The largest absolute Gasteiger partial charge is 0.486 e. The summed E-state index contributed by atoms with van der Waals surface area (Å²) < 4.78 is 5.79. The Balaban J connectivity index is 1.59. The van der Waals surface area contributed by atoms with Crippen LogP contribution >= 0.6 is 11.3 Å². The topological polar surface area (TPSA) is 62.7 Å². The van der Waals surface area contributed by atoms with Gasteiger partial charge in [0, 0.05) is 23.9 Å². The van der Waals surface area contributed by atoms with E-state index in [2.05, 4.69) is 23.7 Å². The molecule has 152 valence electrons. The van der Waals surface area contributed by atoms with Gasteiger partial charge in [-0.1, -0.05) is 31.9 Å². The van der Waals surface area contributed by atoms with Crippen molar-refractivity contribution in [2.75, 3.05) is 0 Å². The summed E-state index contributed by atoms with van der Waals surface area (Å²) in [5, 5.41) is 11.8. The van der Waals surface area contributed by atoms with E-state index in [4.69, 9.17) is 9.84 Å². The SMILES string of the molecule is CCC(C)N(Cc1ccc(OCc2nc(CO)cs2)cc1)C(=O)C1CCCC1. The van der Waals surface area contributed by atoms with Crippen LogP contribution in [0.3, 0.4) is 0 Å². The van der Waals surface area contributed by atoms with Crippen LogP contribution in [0.5, 0.6) is 5.75 Å². The van der Waals surface area contributed by atoms with Crippen molar-refractivity contribution < 1.29 is 14.6 Å². The van der Waals surface area contributed by atoms with Gasteiger partial charge in [-0.2, -0.15) is 0 Å². The number of aliphatic hydroxyl groups excluding tert-OH is 1. The number of hydrogen-bond donors (Lipinski definition) is 1. The van der Waals surface area contributed by atoms with E-state index in [-0.39, 0.29) is 18.6 Å².